The Kier molecular flexibility index (Phi) is 4.01. The number of amides is 1. The fourth-order valence-electron chi connectivity index (χ4n) is 2.26. The van der Waals surface area contributed by atoms with Crippen molar-refractivity contribution in [1.82, 2.24) is 9.88 Å². The molecular formula is C16H14BrFN2O. The molecule has 3 nitrogen and oxygen atoms in total. The van der Waals surface area contributed by atoms with Crippen LogP contribution in [0.1, 0.15) is 28.8 Å². The number of rotatable bonds is 4. The van der Waals surface area contributed by atoms with Gasteiger partial charge in [-0.25, -0.2) is 4.98 Å². The van der Waals surface area contributed by atoms with Crippen molar-refractivity contribution in [2.24, 2.45) is 0 Å². The van der Waals surface area contributed by atoms with Crippen molar-refractivity contribution in [3.8, 4) is 0 Å². The molecule has 0 saturated heterocycles. The molecule has 108 valence electrons. The molecule has 1 fully saturated rings. The van der Waals surface area contributed by atoms with E-state index in [0.717, 1.165) is 22.9 Å². The highest BCUT2D eigenvalue weighted by Gasteiger charge is 2.33. The number of nitrogens with zero attached hydrogens (tertiary/aromatic N) is 2. The number of carbonyl (C=O) groups excluding carboxylic acids is 1. The summed E-state index contributed by atoms with van der Waals surface area (Å²) in [5, 5.41) is 0. The molecule has 0 bridgehead atoms. The Labute approximate surface area is 130 Å². The summed E-state index contributed by atoms with van der Waals surface area (Å²) in [6.07, 6.45) is 3.33. The number of benzene rings is 1. The van der Waals surface area contributed by atoms with E-state index in [1.165, 1.54) is 12.3 Å². The third-order valence-electron chi connectivity index (χ3n) is 3.52. The van der Waals surface area contributed by atoms with Crippen molar-refractivity contribution < 1.29 is 9.18 Å². The molecule has 0 aliphatic heterocycles. The van der Waals surface area contributed by atoms with Crippen LogP contribution in [0.25, 0.3) is 0 Å². The Morgan fingerprint density at radius 1 is 1.33 bits per heavy atom. The summed E-state index contributed by atoms with van der Waals surface area (Å²) in [4.78, 5) is 17.9. The number of hydrogen-bond acceptors (Lipinski definition) is 2. The van der Waals surface area contributed by atoms with E-state index in [1.807, 2.05) is 29.2 Å². The Morgan fingerprint density at radius 3 is 2.76 bits per heavy atom. The van der Waals surface area contributed by atoms with E-state index in [0.29, 0.717) is 12.1 Å². The van der Waals surface area contributed by atoms with E-state index < -0.39 is 5.95 Å². The van der Waals surface area contributed by atoms with Crippen LogP contribution in [0.2, 0.25) is 0 Å². The summed E-state index contributed by atoms with van der Waals surface area (Å²) < 4.78 is 14.2. The number of hydrogen-bond donors (Lipinski definition) is 0. The minimum absolute atomic E-state index is 0.144. The number of pyridine rings is 1. The van der Waals surface area contributed by atoms with Crippen molar-refractivity contribution in [2.75, 3.05) is 0 Å². The molecule has 5 heteroatoms. The Balaban J connectivity index is 1.85. The summed E-state index contributed by atoms with van der Waals surface area (Å²) >= 11 is 3.50. The molecule has 0 spiro atoms. The molecule has 21 heavy (non-hydrogen) atoms. The van der Waals surface area contributed by atoms with E-state index in [1.54, 1.807) is 6.07 Å². The molecule has 1 saturated carbocycles. The second-order valence-corrected chi connectivity index (χ2v) is 5.98. The second kappa shape index (κ2) is 5.93. The monoisotopic (exact) mass is 348 g/mol. The highest BCUT2D eigenvalue weighted by molar-refractivity contribution is 9.10. The third kappa shape index (κ3) is 3.29. The lowest BCUT2D eigenvalue weighted by molar-refractivity contribution is 0.0729. The lowest BCUT2D eigenvalue weighted by atomic mass is 10.1. The van der Waals surface area contributed by atoms with E-state index in [2.05, 4.69) is 20.9 Å². The standard InChI is InChI=1S/C16H14BrFN2O/c17-14-4-2-1-3-12(14)10-20(13-5-6-13)16(21)11-7-8-19-15(18)9-11/h1-4,7-9,13H,5-6,10H2. The van der Waals surface area contributed by atoms with Crippen LogP contribution in [0, 0.1) is 5.95 Å². The van der Waals surface area contributed by atoms with Crippen LogP contribution in [0.4, 0.5) is 4.39 Å². The first-order chi connectivity index (χ1) is 10.1. The van der Waals surface area contributed by atoms with Crippen LogP contribution in [0.3, 0.4) is 0 Å². The van der Waals surface area contributed by atoms with Crippen LogP contribution in [-0.4, -0.2) is 21.8 Å². The summed E-state index contributed by atoms with van der Waals surface area (Å²) in [6, 6.07) is 10.8. The number of carbonyl (C=O) groups is 1. The Hall–Kier alpha value is -1.75. The fraction of sp³-hybridized carbons (Fsp3) is 0.250. The zero-order chi connectivity index (χ0) is 14.8. The summed E-state index contributed by atoms with van der Waals surface area (Å²) in [5.41, 5.74) is 1.40. The average molecular weight is 349 g/mol. The van der Waals surface area contributed by atoms with Gasteiger partial charge in [0, 0.05) is 34.9 Å². The maximum atomic E-state index is 13.2. The van der Waals surface area contributed by atoms with Gasteiger partial charge in [0.2, 0.25) is 5.95 Å². The Bertz CT molecular complexity index is 673. The summed E-state index contributed by atoms with van der Waals surface area (Å²) in [6.45, 7) is 0.523. The molecular weight excluding hydrogens is 335 g/mol. The molecule has 0 unspecified atom stereocenters. The van der Waals surface area contributed by atoms with Crippen LogP contribution >= 0.6 is 15.9 Å². The van der Waals surface area contributed by atoms with Gasteiger partial charge in [0.1, 0.15) is 0 Å². The van der Waals surface area contributed by atoms with E-state index in [4.69, 9.17) is 0 Å². The molecule has 1 aromatic carbocycles. The second-order valence-electron chi connectivity index (χ2n) is 5.12. The lowest BCUT2D eigenvalue weighted by Crippen LogP contribution is -2.32. The van der Waals surface area contributed by atoms with Gasteiger partial charge < -0.3 is 4.90 Å². The fourth-order valence-corrected chi connectivity index (χ4v) is 2.67. The van der Waals surface area contributed by atoms with E-state index >= 15 is 0 Å². The molecule has 1 heterocycles. The largest absolute Gasteiger partial charge is 0.331 e. The molecule has 1 amide bonds. The maximum absolute atomic E-state index is 13.2. The lowest BCUT2D eigenvalue weighted by Gasteiger charge is -2.23. The molecule has 0 N–H and O–H groups in total. The van der Waals surface area contributed by atoms with Gasteiger partial charge in [-0.1, -0.05) is 34.1 Å². The first-order valence-corrected chi connectivity index (χ1v) is 7.60. The van der Waals surface area contributed by atoms with Crippen molar-refractivity contribution in [1.29, 1.82) is 0 Å². The van der Waals surface area contributed by atoms with Gasteiger partial charge in [-0.15, -0.1) is 0 Å². The first-order valence-electron chi connectivity index (χ1n) is 6.81. The number of halogens is 2. The predicted molar refractivity (Wildman–Crippen MR) is 81.2 cm³/mol. The van der Waals surface area contributed by atoms with Gasteiger partial charge in [-0.2, -0.15) is 4.39 Å². The zero-order valence-corrected chi connectivity index (χ0v) is 12.9. The third-order valence-corrected chi connectivity index (χ3v) is 4.29. The summed E-state index contributed by atoms with van der Waals surface area (Å²) in [5.74, 6) is -0.771. The van der Waals surface area contributed by atoms with Crippen LogP contribution in [0.15, 0.2) is 47.1 Å². The van der Waals surface area contributed by atoms with Crippen molar-refractivity contribution in [3.05, 3.63) is 64.1 Å². The quantitative estimate of drug-likeness (QED) is 0.787. The molecule has 1 aromatic heterocycles. The molecule has 3 rings (SSSR count). The minimum Gasteiger partial charge on any atom is -0.331 e. The van der Waals surface area contributed by atoms with Crippen molar-refractivity contribution >= 4 is 21.8 Å². The molecule has 1 aliphatic carbocycles. The van der Waals surface area contributed by atoms with Crippen LogP contribution < -0.4 is 0 Å². The van der Waals surface area contributed by atoms with Crippen molar-refractivity contribution in [2.45, 2.75) is 25.4 Å². The molecule has 0 atom stereocenters. The first kappa shape index (κ1) is 14.2. The SMILES string of the molecule is O=C(c1ccnc(F)c1)N(Cc1ccccc1Br)C1CC1. The van der Waals surface area contributed by atoms with Gasteiger partial charge in [0.25, 0.3) is 5.91 Å². The molecule has 1 aliphatic rings. The summed E-state index contributed by atoms with van der Waals surface area (Å²) in [7, 11) is 0. The Morgan fingerprint density at radius 2 is 2.10 bits per heavy atom. The van der Waals surface area contributed by atoms with Gasteiger partial charge >= 0.3 is 0 Å². The maximum Gasteiger partial charge on any atom is 0.254 e. The van der Waals surface area contributed by atoms with Crippen LogP contribution in [-0.2, 0) is 6.54 Å². The highest BCUT2D eigenvalue weighted by Crippen LogP contribution is 2.31. The predicted octanol–water partition coefficient (Wildman–Crippen LogP) is 3.79. The normalized spacial score (nSPS) is 14.0. The minimum atomic E-state index is -0.627. The van der Waals surface area contributed by atoms with Gasteiger partial charge in [0.15, 0.2) is 0 Å². The number of aromatic nitrogens is 1. The average Bonchev–Trinajstić information content (AvgIpc) is 3.30. The van der Waals surface area contributed by atoms with Gasteiger partial charge in [0.05, 0.1) is 0 Å². The topological polar surface area (TPSA) is 33.2 Å². The van der Waals surface area contributed by atoms with Gasteiger partial charge in [-0.3, -0.25) is 4.79 Å². The van der Waals surface area contributed by atoms with Crippen LogP contribution in [0.5, 0.6) is 0 Å². The highest BCUT2D eigenvalue weighted by atomic mass is 79.9. The van der Waals surface area contributed by atoms with Crippen molar-refractivity contribution in [3.63, 3.8) is 0 Å². The molecule has 0 radical (unpaired) electrons. The van der Waals surface area contributed by atoms with E-state index in [9.17, 15) is 9.18 Å². The molecule has 2 aromatic rings. The van der Waals surface area contributed by atoms with Gasteiger partial charge in [-0.05, 0) is 30.5 Å². The zero-order valence-electron chi connectivity index (χ0n) is 11.3. The van der Waals surface area contributed by atoms with E-state index in [-0.39, 0.29) is 11.9 Å². The smallest absolute Gasteiger partial charge is 0.254 e.